The zero-order valence-electron chi connectivity index (χ0n) is 32.3. The van der Waals surface area contributed by atoms with Crippen molar-refractivity contribution in [3.8, 4) is 0 Å². The summed E-state index contributed by atoms with van der Waals surface area (Å²) in [4.78, 5) is 25.3. The van der Waals surface area contributed by atoms with E-state index in [0.29, 0.717) is 44.8 Å². The molecule has 284 valence electrons. The van der Waals surface area contributed by atoms with Crippen molar-refractivity contribution in [2.45, 2.75) is 206 Å². The third kappa shape index (κ3) is 26.5. The molecular weight excluding hydrogens is 608 g/mol. The van der Waals surface area contributed by atoms with Gasteiger partial charge < -0.3 is 9.84 Å². The molecule has 1 rings (SSSR count). The topological polar surface area (TPSA) is 78.6 Å². The Hall–Kier alpha value is -1.95. The summed E-state index contributed by atoms with van der Waals surface area (Å²) >= 11 is 0. The van der Waals surface area contributed by atoms with Gasteiger partial charge >= 0.3 is 11.8 Å². The van der Waals surface area contributed by atoms with Gasteiger partial charge in [-0.2, -0.15) is 0 Å². The second kappa shape index (κ2) is 34.5. The number of carbonyl (C=O) groups excluding carboxylic acids is 2. The first kappa shape index (κ1) is 45.1. The number of amidine groups is 1. The third-order valence-electron chi connectivity index (χ3n) is 9.86. The maximum Gasteiger partial charge on any atom is 0.314 e. The van der Waals surface area contributed by atoms with Crippen LogP contribution >= 0.6 is 0 Å². The number of allylic oxidation sites excluding steroid dienone is 4. The van der Waals surface area contributed by atoms with Crippen molar-refractivity contribution in [1.82, 2.24) is 5.32 Å². The Labute approximate surface area is 303 Å². The Bertz CT molecular complexity index is 881. The molecule has 0 radical (unpaired) electrons. The molecule has 1 unspecified atom stereocenters. The van der Waals surface area contributed by atoms with Crippen molar-refractivity contribution in [1.29, 1.82) is 0 Å². The van der Waals surface area contributed by atoms with Crippen molar-refractivity contribution in [3.05, 3.63) is 24.3 Å². The smallest absolute Gasteiger partial charge is 0.314 e. The first-order valence-electron chi connectivity index (χ1n) is 21.1. The summed E-state index contributed by atoms with van der Waals surface area (Å²) in [6.07, 6.45) is 43.4. The normalized spacial score (nSPS) is 14.8. The van der Waals surface area contributed by atoms with Crippen molar-refractivity contribution < 1.29 is 24.0 Å². The zero-order chi connectivity index (χ0) is 35.5. The SMILES string of the molecule is CCCCCCCC/C=C\CCCCCCCC(=O)OCCC1CNC(C(=O)CCCCCCC/C=C\CCCCCCCC)=[N+]1CCO. The van der Waals surface area contributed by atoms with Gasteiger partial charge in [-0.3, -0.25) is 14.9 Å². The van der Waals surface area contributed by atoms with Gasteiger partial charge in [0.25, 0.3) is 0 Å². The van der Waals surface area contributed by atoms with Crippen LogP contribution in [0.15, 0.2) is 24.3 Å². The van der Waals surface area contributed by atoms with Gasteiger partial charge in [0.15, 0.2) is 0 Å². The van der Waals surface area contributed by atoms with E-state index in [0.717, 1.165) is 25.7 Å². The van der Waals surface area contributed by atoms with Gasteiger partial charge in [-0.05, 0) is 64.2 Å². The fourth-order valence-electron chi connectivity index (χ4n) is 6.72. The number of unbranched alkanes of at least 4 members (excludes halogenated alkanes) is 22. The Balaban J connectivity index is 2.09. The molecule has 0 aliphatic carbocycles. The number of β-amino-alcohol motifs (C(OH)–C–C–N with tert-alkyl or cyclic N) is 1. The molecule has 0 amide bonds. The zero-order valence-corrected chi connectivity index (χ0v) is 32.3. The van der Waals surface area contributed by atoms with E-state index in [2.05, 4.69) is 43.5 Å². The van der Waals surface area contributed by atoms with Crippen LogP contribution in [0.1, 0.15) is 200 Å². The van der Waals surface area contributed by atoms with Crippen molar-refractivity contribution in [2.24, 2.45) is 0 Å². The number of hydrogen-bond acceptors (Lipinski definition) is 5. The fraction of sp³-hybridized carbons (Fsp3) is 0.837. The fourth-order valence-corrected chi connectivity index (χ4v) is 6.72. The van der Waals surface area contributed by atoms with Crippen LogP contribution in [0.4, 0.5) is 0 Å². The van der Waals surface area contributed by atoms with Gasteiger partial charge in [-0.25, -0.2) is 4.58 Å². The minimum absolute atomic E-state index is 0.00235. The number of aliphatic hydroxyl groups is 1. The first-order chi connectivity index (χ1) is 24.1. The van der Waals surface area contributed by atoms with Gasteiger partial charge in [0.1, 0.15) is 19.1 Å². The molecule has 0 spiro atoms. The average Bonchev–Trinajstić information content (AvgIpc) is 3.50. The molecule has 1 atom stereocenters. The lowest BCUT2D eigenvalue weighted by atomic mass is 10.1. The Morgan fingerprint density at radius 3 is 1.55 bits per heavy atom. The number of hydrogen-bond donors (Lipinski definition) is 2. The maximum atomic E-state index is 13.0. The number of aliphatic hydroxyl groups excluding tert-OH is 1. The Kier molecular flexibility index (Phi) is 31.7. The van der Waals surface area contributed by atoms with E-state index < -0.39 is 0 Å². The lowest BCUT2D eigenvalue weighted by molar-refractivity contribution is -0.557. The summed E-state index contributed by atoms with van der Waals surface area (Å²) in [5.74, 6) is 0.644. The molecule has 0 bridgehead atoms. The molecule has 2 N–H and O–H groups in total. The molecule has 6 heteroatoms. The van der Waals surface area contributed by atoms with E-state index in [4.69, 9.17) is 4.74 Å². The van der Waals surface area contributed by atoms with Gasteiger partial charge in [0, 0.05) is 19.3 Å². The Morgan fingerprint density at radius 2 is 1.08 bits per heavy atom. The predicted octanol–water partition coefficient (Wildman–Crippen LogP) is 10.9. The number of nitrogens with zero attached hydrogens (tertiary/aromatic N) is 1. The molecule has 1 heterocycles. The van der Waals surface area contributed by atoms with E-state index in [1.165, 1.54) is 141 Å². The molecule has 0 saturated heterocycles. The number of nitrogens with one attached hydrogen (secondary N) is 1. The van der Waals surface area contributed by atoms with Gasteiger partial charge in [0.2, 0.25) is 5.78 Å². The lowest BCUT2D eigenvalue weighted by Crippen LogP contribution is -2.34. The van der Waals surface area contributed by atoms with Crippen LogP contribution in [-0.2, 0) is 14.3 Å². The van der Waals surface area contributed by atoms with Crippen LogP contribution in [0.5, 0.6) is 0 Å². The van der Waals surface area contributed by atoms with Crippen LogP contribution in [0.3, 0.4) is 0 Å². The molecule has 0 aromatic carbocycles. The second-order valence-electron chi connectivity index (χ2n) is 14.4. The van der Waals surface area contributed by atoms with Gasteiger partial charge in [-0.15, -0.1) is 0 Å². The monoisotopic (exact) mass is 688 g/mol. The highest BCUT2D eigenvalue weighted by molar-refractivity contribution is 6.37. The maximum absolute atomic E-state index is 13.0. The molecule has 0 fully saturated rings. The molecule has 1 aliphatic heterocycles. The highest BCUT2D eigenvalue weighted by atomic mass is 16.5. The van der Waals surface area contributed by atoms with Crippen LogP contribution in [0, 0.1) is 0 Å². The highest BCUT2D eigenvalue weighted by Crippen LogP contribution is 2.13. The third-order valence-corrected chi connectivity index (χ3v) is 9.86. The van der Waals surface area contributed by atoms with E-state index in [1.807, 2.05) is 4.58 Å². The van der Waals surface area contributed by atoms with E-state index >= 15 is 0 Å². The molecule has 6 nitrogen and oxygen atoms in total. The molecular formula is C43H79N2O4+. The second-order valence-corrected chi connectivity index (χ2v) is 14.4. The number of esters is 1. The largest absolute Gasteiger partial charge is 0.465 e. The van der Waals surface area contributed by atoms with E-state index in [1.54, 1.807) is 0 Å². The lowest BCUT2D eigenvalue weighted by Gasteiger charge is -2.12. The number of ether oxygens (including phenoxy) is 1. The quantitative estimate of drug-likeness (QED) is 0.0297. The molecule has 49 heavy (non-hydrogen) atoms. The molecule has 0 aromatic heterocycles. The Morgan fingerprint density at radius 1 is 0.653 bits per heavy atom. The summed E-state index contributed by atoms with van der Waals surface area (Å²) < 4.78 is 7.54. The number of rotatable bonds is 36. The van der Waals surface area contributed by atoms with E-state index in [9.17, 15) is 14.7 Å². The van der Waals surface area contributed by atoms with Crippen LogP contribution < -0.4 is 5.32 Å². The average molecular weight is 688 g/mol. The minimum atomic E-state index is -0.123. The van der Waals surface area contributed by atoms with Crippen molar-refractivity contribution >= 4 is 17.6 Å². The summed E-state index contributed by atoms with van der Waals surface area (Å²) in [5, 5.41) is 12.9. The summed E-state index contributed by atoms with van der Waals surface area (Å²) in [6.45, 7) is 5.96. The first-order valence-corrected chi connectivity index (χ1v) is 21.1. The summed E-state index contributed by atoms with van der Waals surface area (Å²) in [6, 6.07) is 0.0628. The highest BCUT2D eigenvalue weighted by Gasteiger charge is 2.35. The number of carbonyl (C=O) groups is 2. The van der Waals surface area contributed by atoms with Crippen molar-refractivity contribution in [3.63, 3.8) is 0 Å². The van der Waals surface area contributed by atoms with Crippen LogP contribution in [-0.4, -0.2) is 59.6 Å². The standard InChI is InChI=1S/C43H78N2O4/c1-3-5-7-9-11-13-15-17-19-21-23-25-27-29-31-33-41(47)43-44-39-40(45(43)36-37-46)35-38-49-42(48)34-32-30-28-26-24-22-20-18-16-14-12-10-8-6-4-2/h17-20,40,46H,3-16,21-39H2,1-2H3/p+1/b19-17-,20-18-. The molecule has 0 saturated carbocycles. The van der Waals surface area contributed by atoms with Gasteiger partial charge in [0.05, 0.1) is 13.2 Å². The summed E-state index contributed by atoms with van der Waals surface area (Å²) in [7, 11) is 0. The van der Waals surface area contributed by atoms with Crippen LogP contribution in [0.25, 0.3) is 0 Å². The van der Waals surface area contributed by atoms with Gasteiger partial charge in [-0.1, -0.05) is 141 Å². The van der Waals surface area contributed by atoms with Crippen LogP contribution in [0.2, 0.25) is 0 Å². The molecule has 0 aromatic rings. The number of ketones is 1. The van der Waals surface area contributed by atoms with E-state index in [-0.39, 0.29) is 24.4 Å². The summed E-state index contributed by atoms with van der Waals surface area (Å²) in [5.41, 5.74) is 0. The number of Topliss-reactive ketones (excluding diaryl/α,β-unsaturated/α-hetero) is 1. The minimum Gasteiger partial charge on any atom is -0.465 e. The molecule has 1 aliphatic rings. The van der Waals surface area contributed by atoms with Crippen molar-refractivity contribution in [2.75, 3.05) is 26.3 Å². The predicted molar refractivity (Wildman–Crippen MR) is 208 cm³/mol.